The Morgan fingerprint density at radius 3 is 2.50 bits per heavy atom. The van der Waals surface area contributed by atoms with E-state index in [-0.39, 0.29) is 30.6 Å². The molecule has 0 spiro atoms. The number of ketones is 1. The van der Waals surface area contributed by atoms with Crippen molar-refractivity contribution < 1.29 is 51.3 Å². The summed E-state index contributed by atoms with van der Waals surface area (Å²) in [6.07, 6.45) is 1.16. The Bertz CT molecular complexity index is 1270. The molecule has 9 atom stereocenters. The number of hydrogen-bond acceptors (Lipinski definition) is 9. The predicted octanol–water partition coefficient (Wildman–Crippen LogP) is 4.92. The van der Waals surface area contributed by atoms with Gasteiger partial charge in [-0.25, -0.2) is 18.0 Å². The quantitative estimate of drug-likeness (QED) is 0.474. The fourth-order valence-corrected chi connectivity index (χ4v) is 9.05. The molecule has 1 aliphatic heterocycles. The van der Waals surface area contributed by atoms with Crippen LogP contribution in [0.3, 0.4) is 0 Å². The highest BCUT2D eigenvalue weighted by atomic mass is 32.2. The van der Waals surface area contributed by atoms with E-state index in [1.807, 2.05) is 0 Å². The Hall–Kier alpha value is -2.41. The predicted molar refractivity (Wildman–Crippen MR) is 145 cm³/mol. The fourth-order valence-electron chi connectivity index (χ4n) is 8.26. The van der Waals surface area contributed by atoms with Crippen molar-refractivity contribution in [1.82, 2.24) is 0 Å². The van der Waals surface area contributed by atoms with Crippen LogP contribution >= 0.6 is 11.8 Å². The molecule has 8 nitrogen and oxygen atoms in total. The first kappa shape index (κ1) is 31.0. The van der Waals surface area contributed by atoms with E-state index in [1.165, 1.54) is 37.5 Å². The molecule has 1 aromatic rings. The maximum absolute atomic E-state index is 17.4. The molecule has 0 radical (unpaired) electrons. The molecule has 6 rings (SSSR count). The Labute approximate surface area is 246 Å². The van der Waals surface area contributed by atoms with Gasteiger partial charge in [0, 0.05) is 22.7 Å². The molecule has 1 saturated heterocycles. The smallest absolute Gasteiger partial charge is 0.375 e. The monoisotopic (exact) mass is 612 g/mol. The number of allylic oxidation sites excluding steroid dienone is 4. The lowest BCUT2D eigenvalue weighted by molar-refractivity contribution is -0.221. The minimum atomic E-state index is -2.35. The number of esters is 1. The summed E-state index contributed by atoms with van der Waals surface area (Å²) in [5.41, 5.74) is -7.19. The number of alkyl halides is 3. The molecule has 0 unspecified atom stereocenters. The van der Waals surface area contributed by atoms with Gasteiger partial charge in [0.15, 0.2) is 17.1 Å². The number of fused-ring (bicyclic) bond motifs is 5. The van der Waals surface area contributed by atoms with Crippen LogP contribution in [-0.4, -0.2) is 71.5 Å². The highest BCUT2D eigenvalue weighted by Gasteiger charge is 2.78. The number of aliphatic hydroxyl groups excluding tert-OH is 1. The highest BCUT2D eigenvalue weighted by molar-refractivity contribution is 8.13. The molecule has 2 heterocycles. The number of halogens is 3. The van der Waals surface area contributed by atoms with Gasteiger partial charge in [0.25, 0.3) is 0 Å². The minimum absolute atomic E-state index is 0.00739. The first-order valence-electron chi connectivity index (χ1n) is 14.0. The van der Waals surface area contributed by atoms with Crippen molar-refractivity contribution in [3.8, 4) is 0 Å². The van der Waals surface area contributed by atoms with Crippen LogP contribution in [0, 0.1) is 28.6 Å². The third kappa shape index (κ3) is 4.43. The van der Waals surface area contributed by atoms with Crippen LogP contribution in [-0.2, 0) is 23.8 Å². The number of thioether (sulfide) groups is 1. The van der Waals surface area contributed by atoms with Crippen LogP contribution < -0.4 is 0 Å². The van der Waals surface area contributed by atoms with Crippen LogP contribution in [0.25, 0.3) is 0 Å². The van der Waals surface area contributed by atoms with Gasteiger partial charge in [-0.05, 0) is 73.7 Å². The number of carbonyl (C=O) groups excluding carboxylic acids is 3. The molecule has 0 aromatic carbocycles. The lowest BCUT2D eigenvalue weighted by atomic mass is 9.44. The molecule has 0 amide bonds. The van der Waals surface area contributed by atoms with Crippen molar-refractivity contribution in [2.75, 3.05) is 26.0 Å². The SMILES string of the molecule is C1COCO1.C[C@@H]1C[C@H]2[C@@H]3C[C@H](F)C4=CC(=O)C=C[C@]4(C)[C@@]3(F)[C@@H](O)C[C@]2(C)[C@@]1(OC(=O)c1ccco1)C(=O)SCF. The molecular formula is C30H35F3O8S. The highest BCUT2D eigenvalue weighted by Crippen LogP contribution is 2.72. The molecule has 42 heavy (non-hydrogen) atoms. The molecule has 0 bridgehead atoms. The summed E-state index contributed by atoms with van der Waals surface area (Å²) >= 11 is 0.352. The molecule has 4 aliphatic carbocycles. The first-order chi connectivity index (χ1) is 19.9. The Morgan fingerprint density at radius 2 is 1.90 bits per heavy atom. The summed E-state index contributed by atoms with van der Waals surface area (Å²) in [7, 11) is 0. The normalized spacial score (nSPS) is 42.0. The molecule has 5 aliphatic rings. The topological polar surface area (TPSA) is 112 Å². The molecule has 12 heteroatoms. The van der Waals surface area contributed by atoms with E-state index in [1.54, 1.807) is 13.8 Å². The first-order valence-corrected chi connectivity index (χ1v) is 15.0. The molecule has 1 N–H and O–H groups in total. The van der Waals surface area contributed by atoms with E-state index >= 15 is 8.78 Å². The summed E-state index contributed by atoms with van der Waals surface area (Å²) in [6, 6.07) is 1.78. The second-order valence-corrected chi connectivity index (χ2v) is 13.0. The van der Waals surface area contributed by atoms with Crippen molar-refractivity contribution in [1.29, 1.82) is 0 Å². The number of aliphatic hydroxyl groups is 1. The van der Waals surface area contributed by atoms with E-state index in [9.17, 15) is 23.9 Å². The van der Waals surface area contributed by atoms with Crippen LogP contribution in [0.15, 0.2) is 46.6 Å². The zero-order valence-electron chi connectivity index (χ0n) is 23.6. The Morgan fingerprint density at radius 1 is 1.19 bits per heavy atom. The summed E-state index contributed by atoms with van der Waals surface area (Å²) in [5.74, 6) is -3.98. The third-order valence-electron chi connectivity index (χ3n) is 10.2. The van der Waals surface area contributed by atoms with E-state index < -0.39 is 75.0 Å². The van der Waals surface area contributed by atoms with Gasteiger partial charge in [-0.2, -0.15) is 0 Å². The lowest BCUT2D eigenvalue weighted by Gasteiger charge is -2.63. The van der Waals surface area contributed by atoms with E-state index in [0.29, 0.717) is 18.6 Å². The van der Waals surface area contributed by atoms with Crippen molar-refractivity contribution >= 4 is 28.6 Å². The zero-order chi connectivity index (χ0) is 30.5. The van der Waals surface area contributed by atoms with Gasteiger partial charge in [0.2, 0.25) is 10.9 Å². The Balaban J connectivity index is 0.000000639. The van der Waals surface area contributed by atoms with Crippen molar-refractivity contribution in [2.24, 2.45) is 28.6 Å². The third-order valence-corrected chi connectivity index (χ3v) is 10.8. The van der Waals surface area contributed by atoms with Gasteiger partial charge >= 0.3 is 5.97 Å². The van der Waals surface area contributed by atoms with Crippen LogP contribution in [0.1, 0.15) is 50.6 Å². The average molecular weight is 613 g/mol. The molecule has 3 saturated carbocycles. The minimum Gasteiger partial charge on any atom is -0.457 e. The van der Waals surface area contributed by atoms with E-state index in [0.717, 1.165) is 19.3 Å². The number of rotatable bonds is 4. The molecular weight excluding hydrogens is 577 g/mol. The van der Waals surface area contributed by atoms with Gasteiger partial charge in [-0.3, -0.25) is 9.59 Å². The summed E-state index contributed by atoms with van der Waals surface area (Å²) in [5, 5.41) is 10.7. The Kier molecular flexibility index (Phi) is 8.32. The standard InChI is InChI=1S/C27H29F3O6S.C3H6O2/c1-14-9-16-17-11-19(29)18-10-15(31)6-7-24(18,2)26(17,30)21(32)12-25(16,3)27(14,23(34)37-13-28)36-22(33)20-5-4-8-35-20;1-2-5-3-4-1/h4-8,10,14,16-17,19,21,32H,9,11-13H2,1-3H3;1-3H2/t14-,16+,17+,19+,21+,24+,25+,26+,27+;/m1./s1. The van der Waals surface area contributed by atoms with Gasteiger partial charge in [-0.1, -0.05) is 19.9 Å². The molecule has 4 fully saturated rings. The second-order valence-electron chi connectivity index (χ2n) is 12.1. The van der Waals surface area contributed by atoms with Gasteiger partial charge in [-0.15, -0.1) is 0 Å². The van der Waals surface area contributed by atoms with Crippen LogP contribution in [0.5, 0.6) is 0 Å². The summed E-state index contributed by atoms with van der Waals surface area (Å²) < 4.78 is 67.0. The van der Waals surface area contributed by atoms with Crippen LogP contribution in [0.4, 0.5) is 13.2 Å². The van der Waals surface area contributed by atoms with Gasteiger partial charge in [0.1, 0.15) is 19.0 Å². The zero-order valence-corrected chi connectivity index (χ0v) is 24.5. The fraction of sp³-hybridized carbons (Fsp3) is 0.633. The maximum Gasteiger partial charge on any atom is 0.375 e. The van der Waals surface area contributed by atoms with Crippen molar-refractivity contribution in [3.05, 3.63) is 48.0 Å². The van der Waals surface area contributed by atoms with Crippen molar-refractivity contribution in [3.63, 3.8) is 0 Å². The molecule has 230 valence electrons. The largest absolute Gasteiger partial charge is 0.457 e. The maximum atomic E-state index is 17.4. The second kappa shape index (κ2) is 11.3. The van der Waals surface area contributed by atoms with Crippen LogP contribution in [0.2, 0.25) is 0 Å². The summed E-state index contributed by atoms with van der Waals surface area (Å²) in [4.78, 5) is 38.7. The van der Waals surface area contributed by atoms with E-state index in [2.05, 4.69) is 0 Å². The van der Waals surface area contributed by atoms with Gasteiger partial charge < -0.3 is 23.7 Å². The van der Waals surface area contributed by atoms with Crippen molar-refractivity contribution in [2.45, 2.75) is 63.6 Å². The number of ether oxygens (including phenoxy) is 3. The summed E-state index contributed by atoms with van der Waals surface area (Å²) in [6.45, 7) is 6.85. The lowest BCUT2D eigenvalue weighted by Crippen LogP contribution is -2.70. The van der Waals surface area contributed by atoms with Gasteiger partial charge in [0.05, 0.1) is 25.6 Å². The number of furan rings is 1. The average Bonchev–Trinajstić information content (AvgIpc) is 3.72. The molecule has 1 aromatic heterocycles. The number of hydrogen-bond donors (Lipinski definition) is 1. The van der Waals surface area contributed by atoms with E-state index in [4.69, 9.17) is 18.6 Å². The number of carbonyl (C=O) groups is 3.